The van der Waals surface area contributed by atoms with Crippen molar-refractivity contribution in [2.75, 3.05) is 32.8 Å². The molecule has 1 aliphatic rings. The van der Waals surface area contributed by atoms with Crippen LogP contribution in [0.5, 0.6) is 0 Å². The van der Waals surface area contributed by atoms with Crippen molar-refractivity contribution >= 4 is 15.9 Å². The second-order valence-electron chi connectivity index (χ2n) is 5.01. The van der Waals surface area contributed by atoms with Gasteiger partial charge >= 0.3 is 0 Å². The van der Waals surface area contributed by atoms with Crippen LogP contribution >= 0.6 is 0 Å². The van der Waals surface area contributed by atoms with Crippen LogP contribution < -0.4 is 4.72 Å². The van der Waals surface area contributed by atoms with E-state index in [0.29, 0.717) is 19.7 Å². The number of hydrogen-bond donors (Lipinski definition) is 1. The number of benzene rings is 1. The van der Waals surface area contributed by atoms with Crippen LogP contribution in [-0.2, 0) is 25.3 Å². The lowest BCUT2D eigenvalue weighted by Crippen LogP contribution is -2.45. The molecule has 7 heteroatoms. The molecule has 1 amide bonds. The minimum atomic E-state index is -3.39. The summed E-state index contributed by atoms with van der Waals surface area (Å²) in [6.45, 7) is 3.57. The number of rotatable bonds is 6. The molecule has 1 fully saturated rings. The fourth-order valence-corrected chi connectivity index (χ4v) is 3.39. The number of sulfonamides is 1. The average Bonchev–Trinajstić information content (AvgIpc) is 2.43. The smallest absolute Gasteiger partial charge is 0.248 e. The SMILES string of the molecule is Cc1ccccc1CS(=O)(=O)NCCN1CCOCC1=O. The van der Waals surface area contributed by atoms with Crippen LogP contribution in [0.1, 0.15) is 11.1 Å². The summed E-state index contributed by atoms with van der Waals surface area (Å²) < 4.78 is 31.6. The molecule has 0 radical (unpaired) electrons. The van der Waals surface area contributed by atoms with Gasteiger partial charge < -0.3 is 9.64 Å². The molecule has 1 heterocycles. The number of amides is 1. The zero-order valence-corrected chi connectivity index (χ0v) is 12.9. The highest BCUT2D eigenvalue weighted by Gasteiger charge is 2.19. The van der Waals surface area contributed by atoms with Gasteiger partial charge in [-0.05, 0) is 18.1 Å². The largest absolute Gasteiger partial charge is 0.370 e. The first-order valence-corrected chi connectivity index (χ1v) is 8.50. The number of nitrogens with one attached hydrogen (secondary N) is 1. The molecule has 0 unspecified atom stereocenters. The van der Waals surface area contributed by atoms with E-state index in [-0.39, 0.29) is 24.8 Å². The van der Waals surface area contributed by atoms with Crippen LogP contribution in [-0.4, -0.2) is 52.1 Å². The molecule has 1 aromatic rings. The number of carbonyl (C=O) groups excluding carboxylic acids is 1. The molecule has 2 rings (SSSR count). The van der Waals surface area contributed by atoms with Gasteiger partial charge in [0.2, 0.25) is 15.9 Å². The van der Waals surface area contributed by atoms with E-state index >= 15 is 0 Å². The maximum absolute atomic E-state index is 12.0. The molecular weight excluding hydrogens is 292 g/mol. The van der Waals surface area contributed by atoms with E-state index in [1.807, 2.05) is 25.1 Å². The van der Waals surface area contributed by atoms with Gasteiger partial charge in [0.05, 0.1) is 12.4 Å². The van der Waals surface area contributed by atoms with Gasteiger partial charge in [0, 0.05) is 19.6 Å². The normalized spacial score (nSPS) is 16.2. The van der Waals surface area contributed by atoms with Crippen LogP contribution in [0.3, 0.4) is 0 Å². The van der Waals surface area contributed by atoms with E-state index in [0.717, 1.165) is 11.1 Å². The number of aryl methyl sites for hydroxylation is 1. The third kappa shape index (κ3) is 4.80. The Hall–Kier alpha value is -1.44. The Morgan fingerprint density at radius 1 is 1.33 bits per heavy atom. The van der Waals surface area contributed by atoms with Crippen LogP contribution in [0, 0.1) is 6.92 Å². The van der Waals surface area contributed by atoms with Crippen molar-refractivity contribution in [1.29, 1.82) is 0 Å². The van der Waals surface area contributed by atoms with Gasteiger partial charge in [-0.1, -0.05) is 24.3 Å². The monoisotopic (exact) mass is 312 g/mol. The highest BCUT2D eigenvalue weighted by atomic mass is 32.2. The second-order valence-corrected chi connectivity index (χ2v) is 6.82. The summed E-state index contributed by atoms with van der Waals surface area (Å²) in [6.07, 6.45) is 0. The lowest BCUT2D eigenvalue weighted by Gasteiger charge is -2.26. The first-order chi connectivity index (χ1) is 9.98. The van der Waals surface area contributed by atoms with Crippen molar-refractivity contribution < 1.29 is 17.9 Å². The molecule has 0 bridgehead atoms. The maximum Gasteiger partial charge on any atom is 0.248 e. The molecule has 1 aromatic carbocycles. The summed E-state index contributed by atoms with van der Waals surface area (Å²) in [5.74, 6) is -0.143. The maximum atomic E-state index is 12.0. The van der Waals surface area contributed by atoms with E-state index in [9.17, 15) is 13.2 Å². The van der Waals surface area contributed by atoms with Crippen LogP contribution in [0.15, 0.2) is 24.3 Å². The fraction of sp³-hybridized carbons (Fsp3) is 0.500. The predicted octanol–water partition coefficient (Wildman–Crippen LogP) is 0.273. The highest BCUT2D eigenvalue weighted by Crippen LogP contribution is 2.10. The summed E-state index contributed by atoms with van der Waals surface area (Å²) in [7, 11) is -3.39. The first kappa shape index (κ1) is 15.9. The van der Waals surface area contributed by atoms with Crippen molar-refractivity contribution in [2.45, 2.75) is 12.7 Å². The molecule has 21 heavy (non-hydrogen) atoms. The fourth-order valence-electron chi connectivity index (χ4n) is 2.15. The Morgan fingerprint density at radius 3 is 2.81 bits per heavy atom. The lowest BCUT2D eigenvalue weighted by atomic mass is 10.1. The molecule has 0 atom stereocenters. The summed E-state index contributed by atoms with van der Waals surface area (Å²) in [5, 5.41) is 0. The lowest BCUT2D eigenvalue weighted by molar-refractivity contribution is -0.142. The predicted molar refractivity (Wildman–Crippen MR) is 79.2 cm³/mol. The summed E-state index contributed by atoms with van der Waals surface area (Å²) >= 11 is 0. The van der Waals surface area contributed by atoms with E-state index in [1.54, 1.807) is 11.0 Å². The van der Waals surface area contributed by atoms with Crippen molar-refractivity contribution in [3.63, 3.8) is 0 Å². The molecular formula is C14H20N2O4S. The molecule has 116 valence electrons. The standard InChI is InChI=1S/C14H20N2O4S/c1-12-4-2-3-5-13(12)11-21(18,19)15-6-7-16-8-9-20-10-14(16)17/h2-5,15H,6-11H2,1H3. The zero-order valence-electron chi connectivity index (χ0n) is 12.0. The van der Waals surface area contributed by atoms with Crippen LogP contribution in [0.25, 0.3) is 0 Å². The van der Waals surface area contributed by atoms with Crippen molar-refractivity contribution in [3.8, 4) is 0 Å². The minimum absolute atomic E-state index is 0.0449. The van der Waals surface area contributed by atoms with Gasteiger partial charge in [-0.3, -0.25) is 4.79 Å². The number of ether oxygens (including phenoxy) is 1. The first-order valence-electron chi connectivity index (χ1n) is 6.85. The number of hydrogen-bond acceptors (Lipinski definition) is 4. The second kappa shape index (κ2) is 7.02. The molecule has 0 spiro atoms. The van der Waals surface area contributed by atoms with E-state index < -0.39 is 10.0 Å². The van der Waals surface area contributed by atoms with Gasteiger partial charge in [0.1, 0.15) is 6.61 Å². The molecule has 0 aromatic heterocycles. The van der Waals surface area contributed by atoms with Crippen LogP contribution in [0.2, 0.25) is 0 Å². The van der Waals surface area contributed by atoms with Gasteiger partial charge in [-0.25, -0.2) is 13.1 Å². The molecule has 0 saturated carbocycles. The Morgan fingerprint density at radius 2 is 2.10 bits per heavy atom. The highest BCUT2D eigenvalue weighted by molar-refractivity contribution is 7.88. The molecule has 6 nitrogen and oxygen atoms in total. The third-order valence-electron chi connectivity index (χ3n) is 3.39. The van der Waals surface area contributed by atoms with Crippen molar-refractivity contribution in [2.24, 2.45) is 0 Å². The zero-order chi connectivity index (χ0) is 15.3. The number of carbonyl (C=O) groups is 1. The van der Waals surface area contributed by atoms with Crippen molar-refractivity contribution in [1.82, 2.24) is 9.62 Å². The van der Waals surface area contributed by atoms with Crippen LogP contribution in [0.4, 0.5) is 0 Å². The average molecular weight is 312 g/mol. The van der Waals surface area contributed by atoms with Gasteiger partial charge in [-0.15, -0.1) is 0 Å². The van der Waals surface area contributed by atoms with Gasteiger partial charge in [0.25, 0.3) is 0 Å². The Bertz CT molecular complexity index is 601. The molecule has 1 saturated heterocycles. The molecule has 1 N–H and O–H groups in total. The molecule has 1 aliphatic heterocycles. The Balaban J connectivity index is 1.84. The van der Waals surface area contributed by atoms with Crippen molar-refractivity contribution in [3.05, 3.63) is 35.4 Å². The van der Waals surface area contributed by atoms with E-state index in [2.05, 4.69) is 4.72 Å². The Kier molecular flexibility index (Phi) is 5.33. The van der Waals surface area contributed by atoms with E-state index in [4.69, 9.17) is 4.74 Å². The van der Waals surface area contributed by atoms with E-state index in [1.165, 1.54) is 0 Å². The quantitative estimate of drug-likeness (QED) is 0.818. The number of nitrogens with zero attached hydrogens (tertiary/aromatic N) is 1. The summed E-state index contributed by atoms with van der Waals surface area (Å²) in [4.78, 5) is 13.1. The third-order valence-corrected chi connectivity index (χ3v) is 4.73. The topological polar surface area (TPSA) is 75.7 Å². The van der Waals surface area contributed by atoms with Gasteiger partial charge in [-0.2, -0.15) is 0 Å². The Labute approximate surface area is 125 Å². The summed E-state index contributed by atoms with van der Waals surface area (Å²) in [6, 6.07) is 7.39. The minimum Gasteiger partial charge on any atom is -0.370 e. The number of morpholine rings is 1. The molecule has 0 aliphatic carbocycles. The van der Waals surface area contributed by atoms with Gasteiger partial charge in [0.15, 0.2) is 0 Å². The summed E-state index contributed by atoms with van der Waals surface area (Å²) in [5.41, 5.74) is 1.73.